The molecule has 1 aliphatic heterocycles. The molecule has 3 aromatic carbocycles. The zero-order valence-corrected chi connectivity index (χ0v) is 17.4. The van der Waals surface area contributed by atoms with Gasteiger partial charge in [-0.3, -0.25) is 0 Å². The Labute approximate surface area is 181 Å². The third-order valence-electron chi connectivity index (χ3n) is 5.49. The van der Waals surface area contributed by atoms with Crippen molar-refractivity contribution in [1.29, 1.82) is 0 Å². The number of rotatable bonds is 5. The summed E-state index contributed by atoms with van der Waals surface area (Å²) in [7, 11) is 1.67. The Hall–Kier alpha value is -3.64. The van der Waals surface area contributed by atoms with Gasteiger partial charge in [-0.1, -0.05) is 36.4 Å². The van der Waals surface area contributed by atoms with Gasteiger partial charge in [-0.2, -0.15) is 0 Å². The van der Waals surface area contributed by atoms with Gasteiger partial charge in [0.15, 0.2) is 0 Å². The number of hydrogen-bond donors (Lipinski definition) is 1. The number of fused-ring (bicyclic) bond motifs is 1. The van der Waals surface area contributed by atoms with Gasteiger partial charge in [-0.05, 0) is 35.9 Å². The summed E-state index contributed by atoms with van der Waals surface area (Å²) in [5, 5.41) is 4.37. The summed E-state index contributed by atoms with van der Waals surface area (Å²) in [5.41, 5.74) is 5.20. The van der Waals surface area contributed by atoms with Crippen LogP contribution >= 0.6 is 0 Å². The number of ether oxygens (including phenoxy) is 2. The standard InChI is InChI=1S/C25H24N4O2/c1-30-22-10-8-18(9-11-22)23-7-2-4-19-17-26-25(28-24(19)23)27-20-5-3-6-21(16-20)29-12-14-31-15-13-29/h2-11,16-17H,12-15H2,1H3,(H,26,27,28). The van der Waals surface area contributed by atoms with Crippen molar-refractivity contribution in [3.63, 3.8) is 0 Å². The van der Waals surface area contributed by atoms with Gasteiger partial charge in [0.1, 0.15) is 5.75 Å². The summed E-state index contributed by atoms with van der Waals surface area (Å²) in [6.07, 6.45) is 1.86. The number of anilines is 3. The second kappa shape index (κ2) is 8.62. The Balaban J connectivity index is 1.46. The van der Waals surface area contributed by atoms with Gasteiger partial charge in [0.05, 0.1) is 25.8 Å². The van der Waals surface area contributed by atoms with E-state index in [0.717, 1.165) is 59.8 Å². The maximum Gasteiger partial charge on any atom is 0.227 e. The maximum absolute atomic E-state index is 5.46. The normalized spacial score (nSPS) is 13.9. The van der Waals surface area contributed by atoms with Crippen LogP contribution in [0.1, 0.15) is 0 Å². The molecule has 0 atom stereocenters. The smallest absolute Gasteiger partial charge is 0.227 e. The average Bonchev–Trinajstić information content (AvgIpc) is 2.84. The lowest BCUT2D eigenvalue weighted by molar-refractivity contribution is 0.122. The lowest BCUT2D eigenvalue weighted by Crippen LogP contribution is -2.36. The maximum atomic E-state index is 5.46. The van der Waals surface area contributed by atoms with Crippen molar-refractivity contribution in [3.8, 4) is 16.9 Å². The van der Waals surface area contributed by atoms with Crippen LogP contribution in [0.5, 0.6) is 5.75 Å². The number of methoxy groups -OCH3 is 1. The van der Waals surface area contributed by atoms with Crippen LogP contribution in [0.25, 0.3) is 22.0 Å². The molecule has 2 heterocycles. The zero-order chi connectivity index (χ0) is 21.0. The second-order valence-electron chi connectivity index (χ2n) is 7.44. The molecule has 0 amide bonds. The molecular formula is C25H24N4O2. The molecular weight excluding hydrogens is 388 g/mol. The molecule has 4 aromatic rings. The molecule has 0 unspecified atom stereocenters. The van der Waals surface area contributed by atoms with Crippen molar-refractivity contribution in [2.45, 2.75) is 0 Å². The number of morpholine rings is 1. The van der Waals surface area contributed by atoms with Crippen molar-refractivity contribution in [2.24, 2.45) is 0 Å². The summed E-state index contributed by atoms with van der Waals surface area (Å²) in [6.45, 7) is 3.33. The Bertz CT molecular complexity index is 1190. The number of hydrogen-bond acceptors (Lipinski definition) is 6. The Kier molecular flexibility index (Phi) is 5.37. The molecule has 0 aliphatic carbocycles. The number of para-hydroxylation sites is 1. The van der Waals surface area contributed by atoms with Crippen LogP contribution in [0, 0.1) is 0 Å². The van der Waals surface area contributed by atoms with Crippen molar-refractivity contribution in [2.75, 3.05) is 43.6 Å². The van der Waals surface area contributed by atoms with Crippen molar-refractivity contribution in [3.05, 3.63) is 72.9 Å². The van der Waals surface area contributed by atoms with Gasteiger partial charge >= 0.3 is 0 Å². The van der Waals surface area contributed by atoms with E-state index >= 15 is 0 Å². The van der Waals surface area contributed by atoms with E-state index in [4.69, 9.17) is 14.5 Å². The first kappa shape index (κ1) is 19.3. The molecule has 6 heteroatoms. The van der Waals surface area contributed by atoms with E-state index in [9.17, 15) is 0 Å². The Morgan fingerprint density at radius 2 is 1.77 bits per heavy atom. The van der Waals surface area contributed by atoms with Gasteiger partial charge in [0.25, 0.3) is 0 Å². The van der Waals surface area contributed by atoms with Crippen molar-refractivity contribution < 1.29 is 9.47 Å². The van der Waals surface area contributed by atoms with Crippen molar-refractivity contribution >= 4 is 28.2 Å². The fourth-order valence-corrected chi connectivity index (χ4v) is 3.85. The van der Waals surface area contributed by atoms with Crippen LogP contribution in [-0.2, 0) is 4.74 Å². The topological polar surface area (TPSA) is 59.5 Å². The number of aromatic nitrogens is 2. The van der Waals surface area contributed by atoms with Gasteiger partial charge in [-0.15, -0.1) is 0 Å². The van der Waals surface area contributed by atoms with Gasteiger partial charge < -0.3 is 19.7 Å². The van der Waals surface area contributed by atoms with E-state index in [2.05, 4.69) is 51.6 Å². The first-order chi connectivity index (χ1) is 15.3. The van der Waals surface area contributed by atoms with E-state index in [0.29, 0.717) is 5.95 Å². The Morgan fingerprint density at radius 3 is 2.58 bits per heavy atom. The van der Waals surface area contributed by atoms with E-state index in [1.54, 1.807) is 7.11 Å². The first-order valence-electron chi connectivity index (χ1n) is 10.4. The highest BCUT2D eigenvalue weighted by molar-refractivity contribution is 5.94. The monoisotopic (exact) mass is 412 g/mol. The highest BCUT2D eigenvalue weighted by Crippen LogP contribution is 2.30. The number of nitrogens with one attached hydrogen (secondary N) is 1. The fourth-order valence-electron chi connectivity index (χ4n) is 3.85. The summed E-state index contributed by atoms with van der Waals surface area (Å²) in [4.78, 5) is 11.7. The predicted octanol–water partition coefficient (Wildman–Crippen LogP) is 4.89. The second-order valence-corrected chi connectivity index (χ2v) is 7.44. The third-order valence-corrected chi connectivity index (χ3v) is 5.49. The van der Waals surface area contributed by atoms with Crippen LogP contribution in [0.2, 0.25) is 0 Å². The summed E-state index contributed by atoms with van der Waals surface area (Å²) in [5.74, 6) is 1.41. The first-order valence-corrected chi connectivity index (χ1v) is 10.4. The van der Waals surface area contributed by atoms with Gasteiger partial charge in [0, 0.05) is 41.6 Å². The molecule has 0 saturated carbocycles. The average molecular weight is 412 g/mol. The SMILES string of the molecule is COc1ccc(-c2cccc3cnc(Nc4cccc(N5CCOCC5)c4)nc23)cc1. The molecule has 1 aliphatic rings. The lowest BCUT2D eigenvalue weighted by atomic mass is 10.0. The molecule has 0 radical (unpaired) electrons. The number of benzene rings is 3. The third kappa shape index (κ3) is 4.15. The quantitative estimate of drug-likeness (QED) is 0.504. The lowest BCUT2D eigenvalue weighted by Gasteiger charge is -2.29. The molecule has 0 bridgehead atoms. The molecule has 156 valence electrons. The highest BCUT2D eigenvalue weighted by Gasteiger charge is 2.12. The van der Waals surface area contributed by atoms with Gasteiger partial charge in [-0.25, -0.2) is 9.97 Å². The molecule has 1 fully saturated rings. The highest BCUT2D eigenvalue weighted by atomic mass is 16.5. The summed E-state index contributed by atoms with van der Waals surface area (Å²) < 4.78 is 10.7. The molecule has 1 N–H and O–H groups in total. The van der Waals surface area contributed by atoms with E-state index < -0.39 is 0 Å². The van der Waals surface area contributed by atoms with E-state index in [1.165, 1.54) is 5.69 Å². The predicted molar refractivity (Wildman–Crippen MR) is 124 cm³/mol. The molecule has 1 aromatic heterocycles. The van der Waals surface area contributed by atoms with Crippen LogP contribution in [-0.4, -0.2) is 43.4 Å². The molecule has 6 nitrogen and oxygen atoms in total. The molecule has 1 saturated heterocycles. The minimum Gasteiger partial charge on any atom is -0.497 e. The van der Waals surface area contributed by atoms with E-state index in [1.807, 2.05) is 36.5 Å². The van der Waals surface area contributed by atoms with Crippen LogP contribution < -0.4 is 15.0 Å². The fraction of sp³-hybridized carbons (Fsp3) is 0.200. The summed E-state index contributed by atoms with van der Waals surface area (Å²) >= 11 is 0. The molecule has 31 heavy (non-hydrogen) atoms. The summed E-state index contributed by atoms with van der Waals surface area (Å²) in [6, 6.07) is 22.5. The largest absolute Gasteiger partial charge is 0.497 e. The minimum atomic E-state index is 0.576. The van der Waals surface area contributed by atoms with Crippen LogP contribution in [0.3, 0.4) is 0 Å². The van der Waals surface area contributed by atoms with Crippen LogP contribution in [0.4, 0.5) is 17.3 Å². The minimum absolute atomic E-state index is 0.576. The zero-order valence-electron chi connectivity index (χ0n) is 17.4. The number of nitrogens with zero attached hydrogens (tertiary/aromatic N) is 3. The van der Waals surface area contributed by atoms with Gasteiger partial charge in [0.2, 0.25) is 5.95 Å². The Morgan fingerprint density at radius 1 is 0.968 bits per heavy atom. The molecule has 0 spiro atoms. The van der Waals surface area contributed by atoms with Crippen LogP contribution in [0.15, 0.2) is 72.9 Å². The van der Waals surface area contributed by atoms with E-state index in [-0.39, 0.29) is 0 Å². The molecule has 5 rings (SSSR count). The van der Waals surface area contributed by atoms with Crippen molar-refractivity contribution in [1.82, 2.24) is 9.97 Å².